The molecule has 5 heteroatoms. The largest absolute Gasteiger partial charge is 0.452 e. The summed E-state index contributed by atoms with van der Waals surface area (Å²) in [5.41, 5.74) is 0.569. The molecule has 0 amide bonds. The van der Waals surface area contributed by atoms with Crippen molar-refractivity contribution in [3.05, 3.63) is 37.2 Å². The minimum absolute atomic E-state index is 0.0451. The number of hydrogen-bond donors (Lipinski definition) is 1. The molecule has 0 spiro atoms. The van der Waals surface area contributed by atoms with E-state index in [2.05, 4.69) is 18.8 Å². The topological polar surface area (TPSA) is 72.3 Å². The molecule has 64 valence electrons. The summed E-state index contributed by atoms with van der Waals surface area (Å²) in [5.74, 6) is 0. The predicted octanol–water partition coefficient (Wildman–Crippen LogP) is 0.841. The van der Waals surface area contributed by atoms with E-state index in [1.807, 2.05) is 0 Å². The first-order chi connectivity index (χ1) is 5.93. The second-order valence-corrected chi connectivity index (χ2v) is 1.81. The standard InChI is InChI=1S/C4H5NO2.C3H3NO/c6-1-4-2-7-3-5-4;1-2-5-3-4-1/h2-3,6H,1H2;1-3H. The van der Waals surface area contributed by atoms with E-state index in [1.165, 1.54) is 25.3 Å². The number of oxazole rings is 2. The summed E-state index contributed by atoms with van der Waals surface area (Å²) in [6.07, 6.45) is 7.16. The van der Waals surface area contributed by atoms with Crippen LogP contribution in [0.3, 0.4) is 0 Å². The van der Waals surface area contributed by atoms with Gasteiger partial charge in [0, 0.05) is 0 Å². The summed E-state index contributed by atoms with van der Waals surface area (Å²) >= 11 is 0. The summed E-state index contributed by atoms with van der Waals surface area (Å²) < 4.78 is 9.01. The Morgan fingerprint density at radius 3 is 2.50 bits per heavy atom. The number of rotatable bonds is 1. The van der Waals surface area contributed by atoms with Gasteiger partial charge in [0.15, 0.2) is 12.8 Å². The van der Waals surface area contributed by atoms with Gasteiger partial charge in [0.05, 0.1) is 12.8 Å². The van der Waals surface area contributed by atoms with Crippen LogP contribution in [0.1, 0.15) is 5.69 Å². The van der Waals surface area contributed by atoms with Crippen molar-refractivity contribution in [3.63, 3.8) is 0 Å². The third-order valence-corrected chi connectivity index (χ3v) is 0.993. The molecule has 2 rings (SSSR count). The van der Waals surface area contributed by atoms with Gasteiger partial charge < -0.3 is 13.9 Å². The second-order valence-electron chi connectivity index (χ2n) is 1.81. The molecule has 0 radical (unpaired) electrons. The Kier molecular flexibility index (Phi) is 3.59. The lowest BCUT2D eigenvalue weighted by molar-refractivity contribution is 0.276. The molecule has 0 aliphatic heterocycles. The van der Waals surface area contributed by atoms with E-state index in [4.69, 9.17) is 5.11 Å². The molecule has 2 aromatic rings. The van der Waals surface area contributed by atoms with E-state index in [1.54, 1.807) is 6.20 Å². The Hall–Kier alpha value is -1.62. The number of aliphatic hydroxyl groups excluding tert-OH is 1. The molecule has 0 aliphatic carbocycles. The predicted molar refractivity (Wildman–Crippen MR) is 38.9 cm³/mol. The summed E-state index contributed by atoms with van der Waals surface area (Å²) in [6, 6.07) is 0. The third kappa shape index (κ3) is 2.98. The van der Waals surface area contributed by atoms with Gasteiger partial charge in [0.2, 0.25) is 0 Å². The van der Waals surface area contributed by atoms with Gasteiger partial charge in [-0.3, -0.25) is 0 Å². The number of nitrogens with zero attached hydrogens (tertiary/aromatic N) is 2. The van der Waals surface area contributed by atoms with Crippen molar-refractivity contribution >= 4 is 0 Å². The van der Waals surface area contributed by atoms with Crippen LogP contribution in [-0.2, 0) is 6.61 Å². The summed E-state index contributed by atoms with van der Waals surface area (Å²) in [7, 11) is 0. The molecule has 2 heterocycles. The normalized spacial score (nSPS) is 8.75. The van der Waals surface area contributed by atoms with Gasteiger partial charge in [0.25, 0.3) is 0 Å². The molecular weight excluding hydrogens is 160 g/mol. The molecule has 0 bridgehead atoms. The number of hydrogen-bond acceptors (Lipinski definition) is 5. The lowest BCUT2D eigenvalue weighted by atomic mass is 10.5. The molecule has 0 saturated carbocycles. The van der Waals surface area contributed by atoms with E-state index in [0.29, 0.717) is 5.69 Å². The van der Waals surface area contributed by atoms with E-state index in [9.17, 15) is 0 Å². The highest BCUT2D eigenvalue weighted by atomic mass is 16.3. The van der Waals surface area contributed by atoms with E-state index in [0.717, 1.165) is 0 Å². The maximum atomic E-state index is 8.30. The lowest BCUT2D eigenvalue weighted by Crippen LogP contribution is -1.77. The zero-order valence-electron chi connectivity index (χ0n) is 6.25. The van der Waals surface area contributed by atoms with Gasteiger partial charge in [0.1, 0.15) is 18.2 Å². The summed E-state index contributed by atoms with van der Waals surface area (Å²) in [6.45, 7) is -0.0451. The molecule has 0 aromatic carbocycles. The molecule has 0 aliphatic rings. The highest BCUT2D eigenvalue weighted by Gasteiger charge is 1.87. The summed E-state index contributed by atoms with van der Waals surface area (Å²) in [5, 5.41) is 8.30. The number of aromatic nitrogens is 2. The molecule has 1 N–H and O–H groups in total. The zero-order valence-corrected chi connectivity index (χ0v) is 6.25. The zero-order chi connectivity index (χ0) is 8.65. The van der Waals surface area contributed by atoms with Crippen LogP contribution in [0.15, 0.2) is 40.3 Å². The van der Waals surface area contributed by atoms with Crippen molar-refractivity contribution in [2.75, 3.05) is 0 Å². The van der Waals surface area contributed by atoms with Crippen molar-refractivity contribution in [2.24, 2.45) is 0 Å². The third-order valence-electron chi connectivity index (χ3n) is 0.993. The Morgan fingerprint density at radius 2 is 2.25 bits per heavy atom. The van der Waals surface area contributed by atoms with Crippen molar-refractivity contribution in [1.29, 1.82) is 0 Å². The van der Waals surface area contributed by atoms with Gasteiger partial charge in [-0.15, -0.1) is 0 Å². The van der Waals surface area contributed by atoms with Crippen LogP contribution in [-0.4, -0.2) is 15.1 Å². The maximum Gasteiger partial charge on any atom is 0.180 e. The quantitative estimate of drug-likeness (QED) is 0.683. The first-order valence-corrected chi connectivity index (χ1v) is 3.23. The highest BCUT2D eigenvalue weighted by Crippen LogP contribution is 1.90. The van der Waals surface area contributed by atoms with Crippen LogP contribution >= 0.6 is 0 Å². The average Bonchev–Trinajstić information content (AvgIpc) is 2.81. The van der Waals surface area contributed by atoms with Gasteiger partial charge in [-0.2, -0.15) is 0 Å². The molecule has 0 atom stereocenters. The van der Waals surface area contributed by atoms with Crippen LogP contribution in [0.4, 0.5) is 0 Å². The van der Waals surface area contributed by atoms with E-state index in [-0.39, 0.29) is 6.61 Å². The van der Waals surface area contributed by atoms with Crippen molar-refractivity contribution in [1.82, 2.24) is 9.97 Å². The Bertz CT molecular complexity index is 247. The molecule has 0 saturated heterocycles. The van der Waals surface area contributed by atoms with Gasteiger partial charge in [-0.25, -0.2) is 9.97 Å². The smallest absolute Gasteiger partial charge is 0.180 e. The number of aliphatic hydroxyl groups is 1. The van der Waals surface area contributed by atoms with Gasteiger partial charge in [-0.1, -0.05) is 0 Å². The van der Waals surface area contributed by atoms with Crippen LogP contribution < -0.4 is 0 Å². The van der Waals surface area contributed by atoms with Crippen molar-refractivity contribution in [3.8, 4) is 0 Å². The minimum Gasteiger partial charge on any atom is -0.452 e. The minimum atomic E-state index is -0.0451. The fraction of sp³-hybridized carbons (Fsp3) is 0.143. The Balaban J connectivity index is 0.000000127. The molecule has 0 fully saturated rings. The average molecular weight is 168 g/mol. The van der Waals surface area contributed by atoms with Crippen molar-refractivity contribution < 1.29 is 13.9 Å². The molecule has 0 unspecified atom stereocenters. The van der Waals surface area contributed by atoms with Crippen LogP contribution in [0.2, 0.25) is 0 Å². The monoisotopic (exact) mass is 168 g/mol. The fourth-order valence-corrected chi connectivity index (χ4v) is 0.491. The molecule has 2 aromatic heterocycles. The van der Waals surface area contributed by atoms with E-state index < -0.39 is 0 Å². The van der Waals surface area contributed by atoms with Gasteiger partial charge in [-0.05, 0) is 0 Å². The van der Waals surface area contributed by atoms with Crippen LogP contribution in [0.5, 0.6) is 0 Å². The van der Waals surface area contributed by atoms with E-state index >= 15 is 0 Å². The molecular formula is C7H8N2O3. The first-order valence-electron chi connectivity index (χ1n) is 3.23. The fourth-order valence-electron chi connectivity index (χ4n) is 0.491. The highest BCUT2D eigenvalue weighted by molar-refractivity contribution is 4.86. The Morgan fingerprint density at radius 1 is 1.33 bits per heavy atom. The van der Waals surface area contributed by atoms with Crippen LogP contribution in [0, 0.1) is 0 Å². The van der Waals surface area contributed by atoms with Crippen molar-refractivity contribution in [2.45, 2.75) is 6.61 Å². The SMILES string of the molecule is OCc1cocn1.c1cocn1. The molecule has 5 nitrogen and oxygen atoms in total. The van der Waals surface area contributed by atoms with Gasteiger partial charge >= 0.3 is 0 Å². The Labute approximate surface area is 68.7 Å². The van der Waals surface area contributed by atoms with Crippen LogP contribution in [0.25, 0.3) is 0 Å². The second kappa shape index (κ2) is 5.09. The summed E-state index contributed by atoms with van der Waals surface area (Å²) in [4.78, 5) is 7.17. The first kappa shape index (κ1) is 8.48. The molecule has 12 heavy (non-hydrogen) atoms. The lowest BCUT2D eigenvalue weighted by Gasteiger charge is -1.75. The maximum absolute atomic E-state index is 8.30.